The van der Waals surface area contributed by atoms with Crippen molar-refractivity contribution >= 4 is 57.8 Å². The SMILES string of the molecule is CCOC(=O)c1cc(-c2ccccc2)sc1Cl.O=C(O)c1cc(-c2ccccc2)sc1Cl. The summed E-state index contributed by atoms with van der Waals surface area (Å²) in [4.78, 5) is 24.2. The van der Waals surface area contributed by atoms with Gasteiger partial charge in [-0.3, -0.25) is 0 Å². The van der Waals surface area contributed by atoms with Crippen molar-refractivity contribution in [1.82, 2.24) is 0 Å². The highest BCUT2D eigenvalue weighted by Gasteiger charge is 2.16. The number of ether oxygens (including phenoxy) is 1. The number of halogens is 2. The van der Waals surface area contributed by atoms with Crippen molar-refractivity contribution in [2.75, 3.05) is 6.61 Å². The Morgan fingerprint density at radius 2 is 1.25 bits per heavy atom. The Morgan fingerprint density at radius 1 is 0.812 bits per heavy atom. The molecule has 0 bridgehead atoms. The molecule has 0 saturated carbocycles. The Kier molecular flexibility index (Phi) is 8.47. The summed E-state index contributed by atoms with van der Waals surface area (Å²) in [6.07, 6.45) is 0. The molecule has 0 aliphatic rings. The summed E-state index contributed by atoms with van der Waals surface area (Å²) >= 11 is 14.5. The largest absolute Gasteiger partial charge is 0.478 e. The van der Waals surface area contributed by atoms with E-state index in [1.165, 1.54) is 22.7 Å². The summed E-state index contributed by atoms with van der Waals surface area (Å²) in [5, 5.41) is 8.85. The van der Waals surface area contributed by atoms with Crippen LogP contribution in [-0.4, -0.2) is 23.7 Å². The topological polar surface area (TPSA) is 63.6 Å². The molecule has 2 aromatic carbocycles. The maximum Gasteiger partial charge on any atom is 0.340 e. The number of thiophene rings is 2. The average molecular weight is 505 g/mol. The number of hydrogen-bond donors (Lipinski definition) is 1. The van der Waals surface area contributed by atoms with E-state index in [1.54, 1.807) is 19.1 Å². The van der Waals surface area contributed by atoms with Gasteiger partial charge >= 0.3 is 11.9 Å². The molecule has 4 aromatic rings. The molecule has 0 radical (unpaired) electrons. The van der Waals surface area contributed by atoms with E-state index in [-0.39, 0.29) is 11.5 Å². The first kappa shape index (κ1) is 24.0. The zero-order valence-corrected chi connectivity index (χ0v) is 20.0. The van der Waals surface area contributed by atoms with E-state index in [0.29, 0.717) is 20.8 Å². The van der Waals surface area contributed by atoms with Gasteiger partial charge in [0.15, 0.2) is 0 Å². The highest BCUT2D eigenvalue weighted by molar-refractivity contribution is 7.20. The van der Waals surface area contributed by atoms with E-state index in [9.17, 15) is 9.59 Å². The number of carbonyl (C=O) groups excluding carboxylic acids is 1. The maximum absolute atomic E-state index is 11.6. The van der Waals surface area contributed by atoms with Gasteiger partial charge < -0.3 is 9.84 Å². The lowest BCUT2D eigenvalue weighted by Gasteiger charge is -1.98. The zero-order chi connectivity index (χ0) is 23.1. The summed E-state index contributed by atoms with van der Waals surface area (Å²) in [6.45, 7) is 2.13. The third-order valence-electron chi connectivity index (χ3n) is 4.22. The van der Waals surface area contributed by atoms with Crippen molar-refractivity contribution < 1.29 is 19.4 Å². The number of aromatic carboxylic acids is 1. The van der Waals surface area contributed by atoms with Crippen LogP contribution in [0, 0.1) is 0 Å². The van der Waals surface area contributed by atoms with Crippen molar-refractivity contribution in [2.45, 2.75) is 6.92 Å². The fourth-order valence-electron chi connectivity index (χ4n) is 2.72. The van der Waals surface area contributed by atoms with Crippen LogP contribution in [-0.2, 0) is 4.74 Å². The Labute approximate surface area is 203 Å². The lowest BCUT2D eigenvalue weighted by atomic mass is 10.2. The maximum atomic E-state index is 11.6. The lowest BCUT2D eigenvalue weighted by Crippen LogP contribution is -2.03. The predicted molar refractivity (Wildman–Crippen MR) is 132 cm³/mol. The predicted octanol–water partition coefficient (Wildman–Crippen LogP) is 8.01. The van der Waals surface area contributed by atoms with Crippen LogP contribution >= 0.6 is 45.9 Å². The van der Waals surface area contributed by atoms with Crippen LogP contribution in [0.15, 0.2) is 72.8 Å². The van der Waals surface area contributed by atoms with Crippen LogP contribution < -0.4 is 0 Å². The Balaban J connectivity index is 0.000000182. The quantitative estimate of drug-likeness (QED) is 0.279. The van der Waals surface area contributed by atoms with E-state index in [1.807, 2.05) is 60.7 Å². The second-order valence-electron chi connectivity index (χ2n) is 6.35. The highest BCUT2D eigenvalue weighted by atomic mass is 35.5. The van der Waals surface area contributed by atoms with Gasteiger partial charge in [0.2, 0.25) is 0 Å². The molecule has 0 spiro atoms. The number of carboxylic acids is 1. The number of rotatable bonds is 5. The monoisotopic (exact) mass is 504 g/mol. The van der Waals surface area contributed by atoms with Crippen molar-refractivity contribution in [1.29, 1.82) is 0 Å². The van der Waals surface area contributed by atoms with Crippen LogP contribution in [0.25, 0.3) is 20.9 Å². The lowest BCUT2D eigenvalue weighted by molar-refractivity contribution is 0.0526. The van der Waals surface area contributed by atoms with Crippen molar-refractivity contribution in [3.63, 3.8) is 0 Å². The molecule has 0 atom stereocenters. The van der Waals surface area contributed by atoms with Gasteiger partial charge in [-0.15, -0.1) is 22.7 Å². The van der Waals surface area contributed by atoms with Crippen LogP contribution in [0.4, 0.5) is 0 Å². The van der Waals surface area contributed by atoms with Crippen LogP contribution in [0.2, 0.25) is 8.67 Å². The Hall–Kier alpha value is -2.64. The van der Waals surface area contributed by atoms with Gasteiger partial charge in [0, 0.05) is 9.75 Å². The second-order valence-corrected chi connectivity index (χ2v) is 9.66. The molecule has 164 valence electrons. The summed E-state index contributed by atoms with van der Waals surface area (Å²) < 4.78 is 5.74. The molecule has 32 heavy (non-hydrogen) atoms. The summed E-state index contributed by atoms with van der Waals surface area (Å²) in [7, 11) is 0. The average Bonchev–Trinajstić information content (AvgIpc) is 3.39. The van der Waals surface area contributed by atoms with E-state index in [0.717, 1.165) is 20.9 Å². The third kappa shape index (κ3) is 5.99. The molecule has 0 aliphatic heterocycles. The zero-order valence-electron chi connectivity index (χ0n) is 16.9. The van der Waals surface area contributed by atoms with Gasteiger partial charge in [-0.1, -0.05) is 83.9 Å². The first-order valence-electron chi connectivity index (χ1n) is 9.50. The van der Waals surface area contributed by atoms with E-state index in [2.05, 4.69) is 0 Å². The number of esters is 1. The van der Waals surface area contributed by atoms with Gasteiger partial charge in [0.25, 0.3) is 0 Å². The second kappa shape index (κ2) is 11.3. The first-order chi connectivity index (χ1) is 15.4. The fourth-order valence-corrected chi connectivity index (χ4v) is 5.24. The van der Waals surface area contributed by atoms with Gasteiger partial charge in [-0.25, -0.2) is 9.59 Å². The van der Waals surface area contributed by atoms with E-state index in [4.69, 9.17) is 33.0 Å². The molecule has 0 unspecified atom stereocenters. The molecule has 1 N–H and O–H groups in total. The molecule has 0 fully saturated rings. The fraction of sp³-hybridized carbons (Fsp3) is 0.0833. The standard InChI is InChI=1S/C13H11ClO2S.C11H7ClO2S/c1-2-16-13(15)10-8-11(17-12(10)14)9-6-4-3-5-7-9;12-10-8(11(13)14)6-9(15-10)7-4-2-1-3-5-7/h3-8H,2H2,1H3;1-6H,(H,13,14). The third-order valence-corrected chi connectivity index (χ3v) is 7.03. The highest BCUT2D eigenvalue weighted by Crippen LogP contribution is 2.36. The van der Waals surface area contributed by atoms with Crippen LogP contribution in [0.3, 0.4) is 0 Å². The normalized spacial score (nSPS) is 10.2. The van der Waals surface area contributed by atoms with Gasteiger partial charge in [-0.2, -0.15) is 0 Å². The molecule has 0 aliphatic carbocycles. The Morgan fingerprint density at radius 3 is 1.66 bits per heavy atom. The molecule has 4 nitrogen and oxygen atoms in total. The smallest absolute Gasteiger partial charge is 0.340 e. The minimum absolute atomic E-state index is 0.167. The molecule has 4 rings (SSSR count). The molecule has 2 aromatic heterocycles. The molecule has 2 heterocycles. The van der Waals surface area contributed by atoms with Crippen molar-refractivity contribution in [3.8, 4) is 20.9 Å². The van der Waals surface area contributed by atoms with E-state index < -0.39 is 5.97 Å². The summed E-state index contributed by atoms with van der Waals surface area (Å²) in [5.74, 6) is -1.35. The number of carboxylic acid groups (broad SMARTS) is 1. The van der Waals surface area contributed by atoms with Gasteiger partial charge in [0.1, 0.15) is 8.67 Å². The molecule has 0 saturated heterocycles. The van der Waals surface area contributed by atoms with Crippen molar-refractivity contribution in [3.05, 3.63) is 92.6 Å². The van der Waals surface area contributed by atoms with Gasteiger partial charge in [-0.05, 0) is 30.2 Å². The molecular weight excluding hydrogens is 487 g/mol. The Bertz CT molecular complexity index is 1200. The van der Waals surface area contributed by atoms with Crippen LogP contribution in [0.1, 0.15) is 27.6 Å². The molecule has 8 heteroatoms. The number of benzene rings is 2. The number of hydrogen-bond acceptors (Lipinski definition) is 5. The first-order valence-corrected chi connectivity index (χ1v) is 11.9. The molecular formula is C24H18Cl2O4S2. The van der Waals surface area contributed by atoms with Crippen molar-refractivity contribution in [2.24, 2.45) is 0 Å². The summed E-state index contributed by atoms with van der Waals surface area (Å²) in [6, 6.07) is 22.8. The van der Waals surface area contributed by atoms with Crippen LogP contribution in [0.5, 0.6) is 0 Å². The van der Waals surface area contributed by atoms with E-state index >= 15 is 0 Å². The minimum Gasteiger partial charge on any atom is -0.478 e. The summed E-state index contributed by atoms with van der Waals surface area (Å²) in [5.41, 5.74) is 2.64. The van der Waals surface area contributed by atoms with Gasteiger partial charge in [0.05, 0.1) is 17.7 Å². The molecule has 0 amide bonds. The number of carbonyl (C=O) groups is 2. The minimum atomic E-state index is -0.988.